The third-order valence-electron chi connectivity index (χ3n) is 1.85. The van der Waals surface area contributed by atoms with E-state index in [0.29, 0.717) is 0 Å². The lowest BCUT2D eigenvalue weighted by molar-refractivity contribution is 0.742. The van der Waals surface area contributed by atoms with E-state index in [1.165, 1.54) is 17.5 Å². The number of pyridine rings is 1. The van der Waals surface area contributed by atoms with Gasteiger partial charge in [-0.25, -0.2) is 0 Å². The summed E-state index contributed by atoms with van der Waals surface area (Å²) >= 11 is 0. The number of aryl methyl sites for hydroxylation is 2. The highest BCUT2D eigenvalue weighted by Gasteiger charge is 1.93. The Bertz CT molecular complexity index is 233. The molecule has 1 aromatic heterocycles. The fraction of sp³-hybridized carbons (Fsp3) is 0.500. The summed E-state index contributed by atoms with van der Waals surface area (Å²) in [7, 11) is 0. The van der Waals surface area contributed by atoms with Crippen molar-refractivity contribution in [2.45, 2.75) is 26.2 Å². The summed E-state index contributed by atoms with van der Waals surface area (Å²) in [6, 6.07) is 2.18. The molecule has 2 heteroatoms. The van der Waals surface area contributed by atoms with Gasteiger partial charge in [0.2, 0.25) is 0 Å². The Morgan fingerprint density at radius 1 is 1.33 bits per heavy atom. The summed E-state index contributed by atoms with van der Waals surface area (Å²) in [6.07, 6.45) is 7.19. The average molecular weight is 164 g/mol. The van der Waals surface area contributed by atoms with Crippen LogP contribution in [-0.4, -0.2) is 11.5 Å². The molecule has 1 aromatic rings. The van der Waals surface area contributed by atoms with Crippen LogP contribution < -0.4 is 5.73 Å². The molecule has 0 radical (unpaired) electrons. The highest BCUT2D eigenvalue weighted by atomic mass is 14.6. The smallest absolute Gasteiger partial charge is 0.0300 e. The van der Waals surface area contributed by atoms with Gasteiger partial charge < -0.3 is 5.73 Å². The number of unbranched alkanes of at least 4 members (excludes halogenated alkanes) is 1. The molecule has 0 saturated carbocycles. The van der Waals surface area contributed by atoms with Crippen molar-refractivity contribution >= 4 is 0 Å². The number of rotatable bonds is 4. The van der Waals surface area contributed by atoms with Crippen molar-refractivity contribution in [3.8, 4) is 0 Å². The highest BCUT2D eigenvalue weighted by molar-refractivity contribution is 5.16. The molecule has 0 fully saturated rings. The van der Waals surface area contributed by atoms with Crippen LogP contribution in [0.5, 0.6) is 0 Å². The predicted octanol–water partition coefficient (Wildman–Crippen LogP) is 1.67. The molecule has 2 N–H and O–H groups in total. The molecule has 0 aliphatic rings. The van der Waals surface area contributed by atoms with Crippen molar-refractivity contribution in [1.82, 2.24) is 4.98 Å². The van der Waals surface area contributed by atoms with Crippen molar-refractivity contribution in [2.24, 2.45) is 5.73 Å². The normalized spacial score (nSPS) is 10.2. The lowest BCUT2D eigenvalue weighted by atomic mass is 10.1. The van der Waals surface area contributed by atoms with E-state index in [4.69, 9.17) is 5.73 Å². The van der Waals surface area contributed by atoms with Crippen LogP contribution in [0.3, 0.4) is 0 Å². The van der Waals surface area contributed by atoms with E-state index >= 15 is 0 Å². The van der Waals surface area contributed by atoms with Crippen LogP contribution in [0.4, 0.5) is 0 Å². The lowest BCUT2D eigenvalue weighted by Crippen LogP contribution is -1.99. The van der Waals surface area contributed by atoms with Gasteiger partial charge in [-0.1, -0.05) is 6.07 Å². The maximum absolute atomic E-state index is 5.41. The molecule has 0 aliphatic carbocycles. The Labute approximate surface area is 73.8 Å². The molecule has 0 bridgehead atoms. The Morgan fingerprint density at radius 3 is 2.83 bits per heavy atom. The van der Waals surface area contributed by atoms with Crippen LogP contribution in [0.15, 0.2) is 18.5 Å². The van der Waals surface area contributed by atoms with E-state index in [-0.39, 0.29) is 0 Å². The molecular weight excluding hydrogens is 148 g/mol. The number of nitrogens with zero attached hydrogens (tertiary/aromatic N) is 1. The van der Waals surface area contributed by atoms with Gasteiger partial charge in [0, 0.05) is 12.4 Å². The molecule has 1 rings (SSSR count). The maximum atomic E-state index is 5.41. The predicted molar refractivity (Wildman–Crippen MR) is 51.0 cm³/mol. The Kier molecular flexibility index (Phi) is 3.74. The molecule has 0 saturated heterocycles. The third kappa shape index (κ3) is 3.01. The minimum Gasteiger partial charge on any atom is -0.330 e. The minimum absolute atomic E-state index is 0.791. The first-order chi connectivity index (χ1) is 5.83. The zero-order valence-electron chi connectivity index (χ0n) is 7.59. The minimum atomic E-state index is 0.791. The maximum Gasteiger partial charge on any atom is 0.0300 e. The summed E-state index contributed by atoms with van der Waals surface area (Å²) in [5, 5.41) is 0. The fourth-order valence-electron chi connectivity index (χ4n) is 1.23. The van der Waals surface area contributed by atoms with Gasteiger partial charge in [-0.15, -0.1) is 0 Å². The van der Waals surface area contributed by atoms with Gasteiger partial charge >= 0.3 is 0 Å². The molecule has 12 heavy (non-hydrogen) atoms. The second-order valence-electron chi connectivity index (χ2n) is 3.12. The third-order valence-corrected chi connectivity index (χ3v) is 1.85. The number of hydrogen-bond donors (Lipinski definition) is 1. The molecular formula is C10H16N2. The van der Waals surface area contributed by atoms with Gasteiger partial charge in [0.05, 0.1) is 0 Å². The summed E-state index contributed by atoms with van der Waals surface area (Å²) < 4.78 is 0. The quantitative estimate of drug-likeness (QED) is 0.687. The number of hydrogen-bond acceptors (Lipinski definition) is 2. The summed E-state index contributed by atoms with van der Waals surface area (Å²) in [6.45, 7) is 2.86. The monoisotopic (exact) mass is 164 g/mol. The Morgan fingerprint density at radius 2 is 2.17 bits per heavy atom. The van der Waals surface area contributed by atoms with Gasteiger partial charge in [0.1, 0.15) is 0 Å². The van der Waals surface area contributed by atoms with Crippen molar-refractivity contribution in [3.63, 3.8) is 0 Å². The molecule has 2 nitrogen and oxygen atoms in total. The van der Waals surface area contributed by atoms with E-state index in [9.17, 15) is 0 Å². The molecule has 1 heterocycles. The topological polar surface area (TPSA) is 38.9 Å². The summed E-state index contributed by atoms with van der Waals surface area (Å²) in [5.74, 6) is 0. The molecule has 0 amide bonds. The van der Waals surface area contributed by atoms with Crippen LogP contribution in [-0.2, 0) is 6.42 Å². The first kappa shape index (κ1) is 9.20. The van der Waals surface area contributed by atoms with Crippen molar-refractivity contribution in [2.75, 3.05) is 6.54 Å². The van der Waals surface area contributed by atoms with Gasteiger partial charge in [-0.05, 0) is 43.9 Å². The molecule has 0 unspecified atom stereocenters. The van der Waals surface area contributed by atoms with Crippen LogP contribution in [0.2, 0.25) is 0 Å². The van der Waals surface area contributed by atoms with Crippen LogP contribution in [0.1, 0.15) is 24.0 Å². The lowest BCUT2D eigenvalue weighted by Gasteiger charge is -2.00. The summed E-state index contributed by atoms with van der Waals surface area (Å²) in [4.78, 5) is 4.13. The largest absolute Gasteiger partial charge is 0.330 e. The SMILES string of the molecule is Cc1cncc(CCCCN)c1. The molecule has 0 spiro atoms. The van der Waals surface area contributed by atoms with Gasteiger partial charge in [-0.3, -0.25) is 4.98 Å². The Hall–Kier alpha value is -0.890. The van der Waals surface area contributed by atoms with Crippen molar-refractivity contribution in [1.29, 1.82) is 0 Å². The molecule has 0 atom stereocenters. The zero-order chi connectivity index (χ0) is 8.81. The van der Waals surface area contributed by atoms with E-state index in [1.54, 1.807) is 0 Å². The number of aromatic nitrogens is 1. The highest BCUT2D eigenvalue weighted by Crippen LogP contribution is 2.05. The standard InChI is InChI=1S/C10H16N2/c1-9-6-10(8-12-7-9)4-2-3-5-11/h6-8H,2-5,11H2,1H3. The van der Waals surface area contributed by atoms with E-state index < -0.39 is 0 Å². The summed E-state index contributed by atoms with van der Waals surface area (Å²) in [5.41, 5.74) is 7.97. The molecule has 0 aliphatic heterocycles. The van der Waals surface area contributed by atoms with E-state index in [0.717, 1.165) is 19.4 Å². The van der Waals surface area contributed by atoms with Crippen molar-refractivity contribution < 1.29 is 0 Å². The number of nitrogens with two attached hydrogens (primary N) is 1. The molecule has 0 aromatic carbocycles. The van der Waals surface area contributed by atoms with Crippen LogP contribution in [0, 0.1) is 6.92 Å². The second-order valence-corrected chi connectivity index (χ2v) is 3.12. The van der Waals surface area contributed by atoms with Crippen molar-refractivity contribution in [3.05, 3.63) is 29.6 Å². The van der Waals surface area contributed by atoms with Gasteiger partial charge in [0.15, 0.2) is 0 Å². The average Bonchev–Trinajstić information content (AvgIpc) is 2.05. The van der Waals surface area contributed by atoms with Crippen LogP contribution in [0.25, 0.3) is 0 Å². The van der Waals surface area contributed by atoms with E-state index in [2.05, 4.69) is 18.0 Å². The van der Waals surface area contributed by atoms with E-state index in [1.807, 2.05) is 12.4 Å². The van der Waals surface area contributed by atoms with Crippen LogP contribution >= 0.6 is 0 Å². The zero-order valence-corrected chi connectivity index (χ0v) is 7.59. The van der Waals surface area contributed by atoms with Gasteiger partial charge in [-0.2, -0.15) is 0 Å². The first-order valence-electron chi connectivity index (χ1n) is 4.43. The fourth-order valence-corrected chi connectivity index (χ4v) is 1.23. The second kappa shape index (κ2) is 4.88. The first-order valence-corrected chi connectivity index (χ1v) is 4.43. The molecule has 66 valence electrons. The Balaban J connectivity index is 2.41. The van der Waals surface area contributed by atoms with Gasteiger partial charge in [0.25, 0.3) is 0 Å².